The third-order valence-corrected chi connectivity index (χ3v) is 5.31. The van der Waals surface area contributed by atoms with E-state index < -0.39 is 0 Å². The predicted octanol–water partition coefficient (Wildman–Crippen LogP) is 3.73. The number of hydrogen-bond donors (Lipinski definition) is 1. The summed E-state index contributed by atoms with van der Waals surface area (Å²) >= 11 is 0. The molecule has 2 aliphatic rings. The number of rotatable bonds is 4. The third kappa shape index (κ3) is 2.44. The second-order valence-corrected chi connectivity index (χ2v) is 6.58. The van der Waals surface area contributed by atoms with Crippen molar-refractivity contribution in [3.05, 3.63) is 39.4 Å². The normalized spacial score (nSPS) is 29.6. The highest BCUT2D eigenvalue weighted by molar-refractivity contribution is 5.40. The quantitative estimate of drug-likeness (QED) is 0.671. The Kier molecular flexibility index (Phi) is 3.50. The van der Waals surface area contributed by atoms with Crippen LogP contribution in [0.5, 0.6) is 0 Å². The Bertz CT molecular complexity index is 529. The minimum absolute atomic E-state index is 0.0701. The molecule has 2 N–H and O–H groups in total. The number of fused-ring (bicyclic) bond motifs is 2. The monoisotopic (exact) mass is 274 g/mol. The fourth-order valence-electron chi connectivity index (χ4n) is 4.26. The van der Waals surface area contributed by atoms with Gasteiger partial charge in [-0.05, 0) is 61.5 Å². The lowest BCUT2D eigenvalue weighted by Crippen LogP contribution is -2.20. The molecule has 0 heterocycles. The molecule has 1 aromatic rings. The highest BCUT2D eigenvalue weighted by Crippen LogP contribution is 2.50. The summed E-state index contributed by atoms with van der Waals surface area (Å²) in [5.41, 5.74) is 8.51. The first kappa shape index (κ1) is 13.6. The molecular formula is C16H22N2O2. The molecule has 4 heteroatoms. The van der Waals surface area contributed by atoms with Gasteiger partial charge in [0.15, 0.2) is 0 Å². The maximum atomic E-state index is 10.9. The molecule has 2 fully saturated rings. The van der Waals surface area contributed by atoms with Gasteiger partial charge < -0.3 is 5.73 Å². The van der Waals surface area contributed by atoms with Crippen molar-refractivity contribution in [2.75, 3.05) is 0 Å². The SMILES string of the molecule is Cc1ccc([N+](=O)[O-])cc1C(N)CC1CC2CCC1C2. The average Bonchev–Trinajstić information content (AvgIpc) is 3.01. The first-order valence-electron chi connectivity index (χ1n) is 7.55. The minimum Gasteiger partial charge on any atom is -0.324 e. The van der Waals surface area contributed by atoms with Gasteiger partial charge in [-0.3, -0.25) is 10.1 Å². The number of aryl methyl sites for hydroxylation is 1. The van der Waals surface area contributed by atoms with Gasteiger partial charge in [-0.25, -0.2) is 0 Å². The zero-order chi connectivity index (χ0) is 14.3. The summed E-state index contributed by atoms with van der Waals surface area (Å²) in [6.45, 7) is 1.99. The lowest BCUT2D eigenvalue weighted by molar-refractivity contribution is -0.384. The Hall–Kier alpha value is -1.42. The standard InChI is InChI=1S/C16H22N2O2/c1-10-2-5-14(18(19)20)9-15(10)16(17)8-13-7-11-3-4-12(13)6-11/h2,5,9,11-13,16H,3-4,6-8,17H2,1H3. The van der Waals surface area contributed by atoms with Gasteiger partial charge in [0.25, 0.3) is 5.69 Å². The highest BCUT2D eigenvalue weighted by Gasteiger charge is 2.40. The summed E-state index contributed by atoms with van der Waals surface area (Å²) in [6, 6.07) is 4.96. The molecule has 1 aromatic carbocycles. The van der Waals surface area contributed by atoms with Crippen molar-refractivity contribution in [1.82, 2.24) is 0 Å². The van der Waals surface area contributed by atoms with Gasteiger partial charge in [0.2, 0.25) is 0 Å². The number of benzene rings is 1. The number of nitro benzene ring substituents is 1. The van der Waals surface area contributed by atoms with E-state index in [0.29, 0.717) is 0 Å². The number of nitro groups is 1. The molecule has 0 aliphatic heterocycles. The van der Waals surface area contributed by atoms with Crippen LogP contribution in [0, 0.1) is 34.8 Å². The van der Waals surface area contributed by atoms with Crippen LogP contribution in [0.25, 0.3) is 0 Å². The van der Waals surface area contributed by atoms with Gasteiger partial charge in [0.05, 0.1) is 4.92 Å². The second kappa shape index (κ2) is 5.17. The summed E-state index contributed by atoms with van der Waals surface area (Å²) in [5.74, 6) is 2.50. The van der Waals surface area contributed by atoms with E-state index in [1.54, 1.807) is 12.1 Å². The second-order valence-electron chi connectivity index (χ2n) is 6.58. The predicted molar refractivity (Wildman–Crippen MR) is 78.3 cm³/mol. The van der Waals surface area contributed by atoms with Crippen molar-refractivity contribution in [2.45, 2.75) is 45.1 Å². The van der Waals surface area contributed by atoms with Crippen molar-refractivity contribution >= 4 is 5.69 Å². The summed E-state index contributed by atoms with van der Waals surface area (Å²) in [6.07, 6.45) is 6.42. The summed E-state index contributed by atoms with van der Waals surface area (Å²) in [4.78, 5) is 10.6. The van der Waals surface area contributed by atoms with Gasteiger partial charge in [-0.15, -0.1) is 0 Å². The lowest BCUT2D eigenvalue weighted by atomic mass is 9.82. The van der Waals surface area contributed by atoms with E-state index in [4.69, 9.17) is 5.73 Å². The van der Waals surface area contributed by atoms with Crippen molar-refractivity contribution in [3.63, 3.8) is 0 Å². The molecule has 2 bridgehead atoms. The van der Waals surface area contributed by atoms with Crippen molar-refractivity contribution in [1.29, 1.82) is 0 Å². The molecule has 4 unspecified atom stereocenters. The Morgan fingerprint density at radius 1 is 1.40 bits per heavy atom. The first-order chi connectivity index (χ1) is 9.54. The van der Waals surface area contributed by atoms with Crippen LogP contribution in [0.3, 0.4) is 0 Å². The topological polar surface area (TPSA) is 69.2 Å². The smallest absolute Gasteiger partial charge is 0.269 e. The van der Waals surface area contributed by atoms with Crippen LogP contribution in [0.2, 0.25) is 0 Å². The van der Waals surface area contributed by atoms with E-state index >= 15 is 0 Å². The van der Waals surface area contributed by atoms with E-state index in [9.17, 15) is 10.1 Å². The molecule has 2 saturated carbocycles. The summed E-state index contributed by atoms with van der Waals surface area (Å²) < 4.78 is 0. The van der Waals surface area contributed by atoms with Crippen LogP contribution in [0.15, 0.2) is 18.2 Å². The number of non-ortho nitro benzene ring substituents is 1. The largest absolute Gasteiger partial charge is 0.324 e. The molecule has 108 valence electrons. The van der Waals surface area contributed by atoms with E-state index in [1.807, 2.05) is 13.0 Å². The zero-order valence-corrected chi connectivity index (χ0v) is 11.9. The van der Waals surface area contributed by atoms with Crippen LogP contribution in [0.1, 0.15) is 49.3 Å². The fraction of sp³-hybridized carbons (Fsp3) is 0.625. The van der Waals surface area contributed by atoms with Gasteiger partial charge in [0.1, 0.15) is 0 Å². The maximum Gasteiger partial charge on any atom is 0.269 e. The van der Waals surface area contributed by atoms with Gasteiger partial charge in [-0.2, -0.15) is 0 Å². The molecular weight excluding hydrogens is 252 g/mol. The molecule has 20 heavy (non-hydrogen) atoms. The first-order valence-corrected chi connectivity index (χ1v) is 7.55. The molecule has 4 nitrogen and oxygen atoms in total. The Balaban J connectivity index is 1.75. The molecule has 0 radical (unpaired) electrons. The van der Waals surface area contributed by atoms with Gasteiger partial charge >= 0.3 is 0 Å². The number of hydrogen-bond acceptors (Lipinski definition) is 3. The summed E-state index contributed by atoms with van der Waals surface area (Å²) in [5, 5.41) is 10.9. The molecule has 4 atom stereocenters. The van der Waals surface area contributed by atoms with E-state index in [0.717, 1.165) is 35.3 Å². The van der Waals surface area contributed by atoms with E-state index in [-0.39, 0.29) is 16.7 Å². The Morgan fingerprint density at radius 2 is 2.20 bits per heavy atom. The van der Waals surface area contributed by atoms with E-state index in [1.165, 1.54) is 25.7 Å². The maximum absolute atomic E-state index is 10.9. The zero-order valence-electron chi connectivity index (χ0n) is 11.9. The van der Waals surface area contributed by atoms with Crippen molar-refractivity contribution in [3.8, 4) is 0 Å². The number of nitrogens with zero attached hydrogens (tertiary/aromatic N) is 1. The van der Waals surface area contributed by atoms with Crippen LogP contribution >= 0.6 is 0 Å². The molecule has 0 aromatic heterocycles. The Labute approximate surface area is 119 Å². The summed E-state index contributed by atoms with van der Waals surface area (Å²) in [7, 11) is 0. The lowest BCUT2D eigenvalue weighted by Gasteiger charge is -2.25. The van der Waals surface area contributed by atoms with Gasteiger partial charge in [0, 0.05) is 18.2 Å². The average molecular weight is 274 g/mol. The van der Waals surface area contributed by atoms with Crippen LogP contribution in [-0.4, -0.2) is 4.92 Å². The fourth-order valence-corrected chi connectivity index (χ4v) is 4.26. The molecule has 0 saturated heterocycles. The van der Waals surface area contributed by atoms with Crippen LogP contribution in [0.4, 0.5) is 5.69 Å². The minimum atomic E-state index is -0.340. The van der Waals surface area contributed by atoms with Crippen LogP contribution < -0.4 is 5.73 Å². The number of nitrogens with two attached hydrogens (primary N) is 1. The van der Waals surface area contributed by atoms with Crippen molar-refractivity contribution < 1.29 is 4.92 Å². The van der Waals surface area contributed by atoms with E-state index in [2.05, 4.69) is 0 Å². The molecule has 0 amide bonds. The van der Waals surface area contributed by atoms with Crippen LogP contribution in [-0.2, 0) is 0 Å². The molecule has 3 rings (SSSR count). The van der Waals surface area contributed by atoms with Gasteiger partial charge in [-0.1, -0.05) is 12.5 Å². The highest BCUT2D eigenvalue weighted by atomic mass is 16.6. The van der Waals surface area contributed by atoms with Crippen molar-refractivity contribution in [2.24, 2.45) is 23.5 Å². The Morgan fingerprint density at radius 3 is 2.80 bits per heavy atom. The molecule has 0 spiro atoms. The third-order valence-electron chi connectivity index (χ3n) is 5.31. The molecule has 2 aliphatic carbocycles.